The molecule has 0 unspecified atom stereocenters. The van der Waals surface area contributed by atoms with Crippen LogP contribution >= 0.6 is 0 Å². The van der Waals surface area contributed by atoms with Crippen LogP contribution in [-0.2, 0) is 24.5 Å². The maximum atomic E-state index is 6.33. The average molecular weight is 381 g/mol. The van der Waals surface area contributed by atoms with E-state index in [4.69, 9.17) is 18.9 Å². The zero-order chi connectivity index (χ0) is 18.3. The zero-order valence-electron chi connectivity index (χ0n) is 16.4. The first-order chi connectivity index (χ1) is 11.6. The van der Waals surface area contributed by atoms with Crippen LogP contribution in [-0.4, -0.2) is 22.7 Å². The molecule has 1 aromatic rings. The molecule has 1 aromatic carbocycles. The predicted octanol–water partition coefficient (Wildman–Crippen LogP) is 5.25. The van der Waals surface area contributed by atoms with E-state index in [2.05, 4.69) is 63.5 Å². The maximum absolute atomic E-state index is 6.33. The highest BCUT2D eigenvalue weighted by atomic mass is 28.4. The molecule has 4 atom stereocenters. The third kappa shape index (κ3) is 4.09. The lowest BCUT2D eigenvalue weighted by atomic mass is 9.77. The second-order valence-corrected chi connectivity index (χ2v) is 18.2. The lowest BCUT2D eigenvalue weighted by molar-refractivity contribution is -0.389. The number of benzene rings is 1. The fourth-order valence-corrected chi connectivity index (χ4v) is 4.85. The molecule has 0 N–H and O–H groups in total. The normalized spacial score (nSPS) is 32.3. The second kappa shape index (κ2) is 6.90. The Hall–Kier alpha value is -0.506. The highest BCUT2D eigenvalue weighted by Crippen LogP contribution is 2.59. The first kappa shape index (κ1) is 19.3. The molecule has 0 spiro atoms. The predicted molar refractivity (Wildman–Crippen MR) is 104 cm³/mol. The molecule has 0 aromatic heterocycles. The summed E-state index contributed by atoms with van der Waals surface area (Å²) in [5.74, 6) is 0.873. The summed E-state index contributed by atoms with van der Waals surface area (Å²) < 4.78 is 11.9. The Bertz CT molecular complexity index is 581. The lowest BCUT2D eigenvalue weighted by Gasteiger charge is -2.43. The van der Waals surface area contributed by atoms with Gasteiger partial charge in [0, 0.05) is 0 Å². The minimum atomic E-state index is -1.83. The summed E-state index contributed by atoms with van der Waals surface area (Å²) in [6.07, 6.45) is 3.33. The van der Waals surface area contributed by atoms with Gasteiger partial charge in [0.2, 0.25) is 16.6 Å². The molecule has 25 heavy (non-hydrogen) atoms. The first-order valence-electron chi connectivity index (χ1n) is 9.39. The van der Waals surface area contributed by atoms with Gasteiger partial charge in [-0.2, -0.15) is 0 Å². The van der Waals surface area contributed by atoms with Crippen LogP contribution in [0.25, 0.3) is 0 Å². The van der Waals surface area contributed by atoms with E-state index in [9.17, 15) is 0 Å². The van der Waals surface area contributed by atoms with Gasteiger partial charge >= 0.3 is 0 Å². The standard InChI is InChI=1S/C19H32O4Si2/c1-24(2,3)22-20-18-15-12-13-17(14-15)19(18,21-23-25(4,5)6)16-10-8-7-9-11-16/h7-11,15,17-18H,12-14H2,1-6H3/t15-,17+,18+,19-/m0/s1. The fraction of sp³-hybridized carbons (Fsp3) is 0.684. The van der Waals surface area contributed by atoms with Crippen LogP contribution in [0.5, 0.6) is 0 Å². The van der Waals surface area contributed by atoms with Crippen molar-refractivity contribution in [1.82, 2.24) is 0 Å². The summed E-state index contributed by atoms with van der Waals surface area (Å²) in [4.78, 5) is 12.4. The Balaban J connectivity index is 1.95. The van der Waals surface area contributed by atoms with Crippen LogP contribution in [0.4, 0.5) is 0 Å². The van der Waals surface area contributed by atoms with Gasteiger partial charge in [-0.05, 0) is 75.9 Å². The van der Waals surface area contributed by atoms with Gasteiger partial charge in [0.15, 0.2) is 5.60 Å². The van der Waals surface area contributed by atoms with Gasteiger partial charge in [0.1, 0.15) is 6.10 Å². The summed E-state index contributed by atoms with van der Waals surface area (Å²) in [6, 6.07) is 10.4. The van der Waals surface area contributed by atoms with Crippen molar-refractivity contribution in [3.05, 3.63) is 35.9 Å². The maximum Gasteiger partial charge on any atom is 0.230 e. The van der Waals surface area contributed by atoms with E-state index < -0.39 is 22.2 Å². The molecule has 0 radical (unpaired) electrons. The highest BCUT2D eigenvalue weighted by Gasteiger charge is 2.63. The molecule has 6 heteroatoms. The molecule has 0 amide bonds. The Morgan fingerprint density at radius 3 is 2.12 bits per heavy atom. The Kier molecular flexibility index (Phi) is 5.32. The Morgan fingerprint density at radius 1 is 0.880 bits per heavy atom. The smallest absolute Gasteiger partial charge is 0.230 e. The van der Waals surface area contributed by atoms with Gasteiger partial charge < -0.3 is 0 Å². The quantitative estimate of drug-likeness (QED) is 0.368. The molecular weight excluding hydrogens is 348 g/mol. The summed E-state index contributed by atoms with van der Waals surface area (Å²) in [6.45, 7) is 12.9. The number of hydrogen-bond acceptors (Lipinski definition) is 4. The third-order valence-corrected chi connectivity index (χ3v) is 6.17. The summed E-state index contributed by atoms with van der Waals surface area (Å²) >= 11 is 0. The average Bonchev–Trinajstić information content (AvgIpc) is 3.10. The molecule has 2 saturated carbocycles. The minimum absolute atomic E-state index is 0.114. The molecule has 2 aliphatic carbocycles. The molecule has 4 nitrogen and oxygen atoms in total. The van der Waals surface area contributed by atoms with Gasteiger partial charge in [-0.3, -0.25) is 9.15 Å². The minimum Gasteiger partial charge on any atom is -0.287 e. The van der Waals surface area contributed by atoms with Gasteiger partial charge in [0.05, 0.1) is 0 Å². The van der Waals surface area contributed by atoms with Crippen LogP contribution in [0.15, 0.2) is 30.3 Å². The topological polar surface area (TPSA) is 36.9 Å². The van der Waals surface area contributed by atoms with Gasteiger partial charge in [-0.15, -0.1) is 0 Å². The van der Waals surface area contributed by atoms with Crippen molar-refractivity contribution < 1.29 is 18.9 Å². The molecule has 0 saturated heterocycles. The largest absolute Gasteiger partial charge is 0.287 e. The van der Waals surface area contributed by atoms with Crippen molar-refractivity contribution >= 4 is 16.6 Å². The van der Waals surface area contributed by atoms with Crippen molar-refractivity contribution in [2.75, 3.05) is 0 Å². The second-order valence-electron chi connectivity index (χ2n) is 9.42. The van der Waals surface area contributed by atoms with Crippen LogP contribution in [0.2, 0.25) is 39.3 Å². The van der Waals surface area contributed by atoms with Gasteiger partial charge in [0.25, 0.3) is 0 Å². The molecular formula is C19H32O4Si2. The van der Waals surface area contributed by atoms with E-state index in [0.717, 1.165) is 18.4 Å². The number of rotatable bonds is 7. The van der Waals surface area contributed by atoms with Crippen molar-refractivity contribution in [2.45, 2.75) is 70.2 Å². The van der Waals surface area contributed by atoms with Crippen molar-refractivity contribution in [3.63, 3.8) is 0 Å². The molecule has 2 aliphatic rings. The zero-order valence-corrected chi connectivity index (χ0v) is 18.4. The van der Waals surface area contributed by atoms with Crippen LogP contribution in [0, 0.1) is 11.8 Å². The monoisotopic (exact) mass is 380 g/mol. The number of fused-ring (bicyclic) bond motifs is 2. The van der Waals surface area contributed by atoms with Crippen LogP contribution in [0.1, 0.15) is 24.8 Å². The molecule has 3 rings (SSSR count). The van der Waals surface area contributed by atoms with Crippen LogP contribution in [0.3, 0.4) is 0 Å². The van der Waals surface area contributed by atoms with E-state index in [0.29, 0.717) is 11.8 Å². The fourth-order valence-electron chi connectivity index (χ4n) is 4.07. The van der Waals surface area contributed by atoms with E-state index >= 15 is 0 Å². The van der Waals surface area contributed by atoms with Crippen molar-refractivity contribution in [2.24, 2.45) is 11.8 Å². The summed E-state index contributed by atoms with van der Waals surface area (Å²) in [5.41, 5.74) is 0.578. The van der Waals surface area contributed by atoms with Crippen LogP contribution < -0.4 is 0 Å². The van der Waals surface area contributed by atoms with E-state index in [1.165, 1.54) is 6.42 Å². The van der Waals surface area contributed by atoms with E-state index in [1.807, 2.05) is 6.07 Å². The van der Waals surface area contributed by atoms with E-state index in [-0.39, 0.29) is 6.10 Å². The van der Waals surface area contributed by atoms with Gasteiger partial charge in [-0.1, -0.05) is 30.3 Å². The van der Waals surface area contributed by atoms with Crippen molar-refractivity contribution in [3.8, 4) is 0 Å². The highest BCUT2D eigenvalue weighted by molar-refractivity contribution is 6.69. The summed E-state index contributed by atoms with van der Waals surface area (Å²) in [5, 5.41) is 0. The molecule has 2 bridgehead atoms. The molecule has 2 fully saturated rings. The SMILES string of the molecule is C[Si](C)(C)OO[C@@H]1[C@H]2CC[C@H](C2)[C@@]1(OO[Si](C)(C)C)c1ccccc1. The Labute approximate surface area is 153 Å². The number of hydrogen-bond donors (Lipinski definition) is 0. The molecule has 0 heterocycles. The summed E-state index contributed by atoms with van der Waals surface area (Å²) in [7, 11) is -3.62. The third-order valence-electron chi connectivity index (χ3n) is 4.99. The molecule has 0 aliphatic heterocycles. The molecule has 140 valence electrons. The first-order valence-corrected chi connectivity index (χ1v) is 16.2. The van der Waals surface area contributed by atoms with Gasteiger partial charge in [-0.25, -0.2) is 9.78 Å². The Morgan fingerprint density at radius 2 is 1.52 bits per heavy atom. The van der Waals surface area contributed by atoms with E-state index in [1.54, 1.807) is 0 Å². The lowest BCUT2D eigenvalue weighted by Crippen LogP contribution is -2.51. The van der Waals surface area contributed by atoms with Crippen molar-refractivity contribution in [1.29, 1.82) is 0 Å².